The number of rotatable bonds is 17. The highest BCUT2D eigenvalue weighted by Crippen LogP contribution is 2.44. The Bertz CT molecular complexity index is 2010. The number of nitro groups is 1. The van der Waals surface area contributed by atoms with E-state index in [0.29, 0.717) is 17.7 Å². The minimum Gasteiger partial charge on any atom is -0.449 e. The number of hydrogen-bond donors (Lipinski definition) is 5. The number of ether oxygens (including phenoxy) is 3. The minimum absolute atomic E-state index is 0.0365. The molecule has 0 aliphatic heterocycles. The van der Waals surface area contributed by atoms with Crippen molar-refractivity contribution in [2.75, 3.05) is 18.5 Å². The lowest BCUT2D eigenvalue weighted by molar-refractivity contribution is -0.384. The van der Waals surface area contributed by atoms with Gasteiger partial charge in [-0.2, -0.15) is 0 Å². The molecular formula is C40H42N6O10. The van der Waals surface area contributed by atoms with Gasteiger partial charge in [0.15, 0.2) is 5.78 Å². The van der Waals surface area contributed by atoms with Crippen LogP contribution < -0.4 is 32.2 Å². The molecule has 1 unspecified atom stereocenters. The van der Waals surface area contributed by atoms with Crippen LogP contribution in [-0.4, -0.2) is 60.1 Å². The Morgan fingerprint density at radius 2 is 1.48 bits per heavy atom. The smallest absolute Gasteiger partial charge is 0.449 e. The highest BCUT2D eigenvalue weighted by Gasteiger charge is 2.32. The number of carbonyl (C=O) groups excluding carboxylic acids is 5. The number of amides is 4. The second-order valence-electron chi connectivity index (χ2n) is 13.2. The van der Waals surface area contributed by atoms with E-state index in [4.69, 9.17) is 25.7 Å². The van der Waals surface area contributed by atoms with Crippen LogP contribution in [0.3, 0.4) is 0 Å². The summed E-state index contributed by atoms with van der Waals surface area (Å²) in [6.07, 6.45) is -1.60. The van der Waals surface area contributed by atoms with Crippen LogP contribution in [0.15, 0.2) is 97.1 Å². The number of ketones is 1. The molecule has 0 saturated heterocycles. The van der Waals surface area contributed by atoms with Gasteiger partial charge < -0.3 is 41.6 Å². The van der Waals surface area contributed by atoms with Crippen LogP contribution >= 0.6 is 0 Å². The number of anilines is 1. The van der Waals surface area contributed by atoms with Crippen molar-refractivity contribution in [3.8, 4) is 16.9 Å². The van der Waals surface area contributed by atoms with Gasteiger partial charge >= 0.3 is 18.3 Å². The standard InChI is InChI=1S/C40H42N6O10/c1-24(41)36(45-39(50)54-23-34-32-10-4-2-8-30(32)31-9-3-5-11-33(31)34)35(47)21-26(7-6-20-43-38(42)49)37(48)44-27-14-12-25(13-15-27)22-55-40(51)56-29-18-16-28(17-19-29)46(52)53/h2-5,8-19,24,26,34,36H,6-7,20-23,41H2,1H3,(H,44,48)(H,45,50)(H3,42,43,49)/t24?,26-,36+/m1/s1. The van der Waals surface area contributed by atoms with Crippen LogP contribution in [0.4, 0.5) is 25.8 Å². The van der Waals surface area contributed by atoms with Gasteiger partial charge in [0, 0.05) is 48.7 Å². The fraction of sp³-hybridized carbons (Fsp3) is 0.275. The van der Waals surface area contributed by atoms with Crippen LogP contribution in [0.5, 0.6) is 5.75 Å². The summed E-state index contributed by atoms with van der Waals surface area (Å²) < 4.78 is 15.8. The Morgan fingerprint density at radius 1 is 0.857 bits per heavy atom. The number of carbonyl (C=O) groups is 5. The maximum atomic E-state index is 13.6. The van der Waals surface area contributed by atoms with E-state index in [2.05, 4.69) is 16.0 Å². The van der Waals surface area contributed by atoms with Crippen LogP contribution in [-0.2, 0) is 25.7 Å². The van der Waals surface area contributed by atoms with E-state index in [1.165, 1.54) is 24.3 Å². The molecule has 56 heavy (non-hydrogen) atoms. The normalized spacial score (nSPS) is 13.2. The van der Waals surface area contributed by atoms with E-state index in [9.17, 15) is 34.1 Å². The molecule has 0 heterocycles. The third-order valence-corrected chi connectivity index (χ3v) is 9.16. The van der Waals surface area contributed by atoms with Gasteiger partial charge in [-0.3, -0.25) is 19.7 Å². The number of Topliss-reactive ketones (excluding diaryl/α,β-unsaturated/α-hetero) is 1. The second kappa shape index (κ2) is 19.0. The quantitative estimate of drug-likeness (QED) is 0.0294. The monoisotopic (exact) mass is 766 g/mol. The molecule has 4 aromatic carbocycles. The number of benzene rings is 4. The number of nitrogens with zero attached hydrogens (tertiary/aromatic N) is 1. The number of nitrogens with one attached hydrogen (secondary N) is 3. The minimum atomic E-state index is -1.16. The SMILES string of the molecule is CC(N)[C@H](NC(=O)OCC1c2ccccc2-c2ccccc21)C(=O)C[C@@H](CCCNC(N)=O)C(=O)Nc1ccc(COC(=O)Oc2ccc([N+](=O)[O-])cc2)cc1. The molecule has 16 heteroatoms. The highest BCUT2D eigenvalue weighted by atomic mass is 16.7. The molecule has 0 saturated carbocycles. The van der Waals surface area contributed by atoms with E-state index in [0.717, 1.165) is 22.3 Å². The Morgan fingerprint density at radius 3 is 2.07 bits per heavy atom. The summed E-state index contributed by atoms with van der Waals surface area (Å²) in [4.78, 5) is 73.8. The van der Waals surface area contributed by atoms with Crippen LogP contribution in [0.2, 0.25) is 0 Å². The van der Waals surface area contributed by atoms with Crippen molar-refractivity contribution in [2.45, 2.75) is 50.8 Å². The lowest BCUT2D eigenvalue weighted by Gasteiger charge is -2.24. The molecule has 4 aromatic rings. The van der Waals surface area contributed by atoms with E-state index in [1.54, 1.807) is 31.2 Å². The summed E-state index contributed by atoms with van der Waals surface area (Å²) in [7, 11) is 0. The first-order chi connectivity index (χ1) is 26.9. The zero-order chi connectivity index (χ0) is 40.2. The maximum absolute atomic E-state index is 13.6. The van der Waals surface area contributed by atoms with Gasteiger partial charge in [-0.15, -0.1) is 0 Å². The molecule has 7 N–H and O–H groups in total. The fourth-order valence-corrected chi connectivity index (χ4v) is 6.36. The van der Waals surface area contributed by atoms with Crippen molar-refractivity contribution >= 4 is 41.3 Å². The number of non-ortho nitro benzene ring substituents is 1. The zero-order valence-electron chi connectivity index (χ0n) is 30.5. The number of urea groups is 1. The van der Waals surface area contributed by atoms with Gasteiger partial charge in [-0.25, -0.2) is 14.4 Å². The molecule has 292 valence electrons. The van der Waals surface area contributed by atoms with E-state index < -0.39 is 52.9 Å². The predicted molar refractivity (Wildman–Crippen MR) is 205 cm³/mol. The first-order valence-corrected chi connectivity index (χ1v) is 17.8. The average molecular weight is 767 g/mol. The van der Waals surface area contributed by atoms with Crippen molar-refractivity contribution in [1.29, 1.82) is 0 Å². The topological polar surface area (TPSA) is 244 Å². The zero-order valence-corrected chi connectivity index (χ0v) is 30.5. The van der Waals surface area contributed by atoms with Gasteiger partial charge in [0.2, 0.25) is 5.91 Å². The van der Waals surface area contributed by atoms with Crippen molar-refractivity contribution in [3.05, 3.63) is 124 Å². The number of hydrogen-bond acceptors (Lipinski definition) is 11. The lowest BCUT2D eigenvalue weighted by atomic mass is 9.91. The third kappa shape index (κ3) is 10.9. The molecular weight excluding hydrogens is 724 g/mol. The van der Waals surface area contributed by atoms with E-state index >= 15 is 0 Å². The Kier molecular flexibility index (Phi) is 13.7. The Labute approximate surface area is 322 Å². The van der Waals surface area contributed by atoms with Gasteiger partial charge in [-0.1, -0.05) is 60.7 Å². The van der Waals surface area contributed by atoms with Gasteiger partial charge in [-0.05, 0) is 71.8 Å². The summed E-state index contributed by atoms with van der Waals surface area (Å²) >= 11 is 0. The van der Waals surface area contributed by atoms with Gasteiger partial charge in [0.05, 0.1) is 4.92 Å². The van der Waals surface area contributed by atoms with Crippen molar-refractivity contribution in [1.82, 2.24) is 10.6 Å². The van der Waals surface area contributed by atoms with Gasteiger partial charge in [0.25, 0.3) is 5.69 Å². The molecule has 16 nitrogen and oxygen atoms in total. The summed E-state index contributed by atoms with van der Waals surface area (Å²) in [5, 5.41) is 18.7. The second-order valence-corrected chi connectivity index (χ2v) is 13.2. The van der Waals surface area contributed by atoms with Crippen molar-refractivity contribution in [3.63, 3.8) is 0 Å². The summed E-state index contributed by atoms with van der Waals surface area (Å²) in [6.45, 7) is 1.61. The number of alkyl carbamates (subject to hydrolysis) is 1. The molecule has 0 radical (unpaired) electrons. The molecule has 5 rings (SSSR count). The molecule has 0 bridgehead atoms. The molecule has 0 spiro atoms. The molecule has 0 fully saturated rings. The number of nitrogens with two attached hydrogens (primary N) is 2. The van der Waals surface area contributed by atoms with Crippen molar-refractivity contribution < 1.29 is 43.1 Å². The largest absolute Gasteiger partial charge is 0.514 e. The van der Waals surface area contributed by atoms with E-state index in [1.807, 2.05) is 48.5 Å². The van der Waals surface area contributed by atoms with Crippen molar-refractivity contribution in [2.24, 2.45) is 17.4 Å². The molecule has 1 aliphatic rings. The summed E-state index contributed by atoms with van der Waals surface area (Å²) in [6, 6.07) is 24.4. The molecule has 4 amide bonds. The van der Waals surface area contributed by atoms with Crippen LogP contribution in [0.25, 0.3) is 11.1 Å². The van der Waals surface area contributed by atoms with Gasteiger partial charge in [0.1, 0.15) is 25.0 Å². The highest BCUT2D eigenvalue weighted by molar-refractivity contribution is 5.97. The first-order valence-electron chi connectivity index (χ1n) is 17.8. The average Bonchev–Trinajstić information content (AvgIpc) is 3.50. The molecule has 1 aliphatic carbocycles. The Balaban J connectivity index is 1.16. The third-order valence-electron chi connectivity index (χ3n) is 9.16. The number of nitro benzene ring substituents is 1. The molecule has 3 atom stereocenters. The lowest BCUT2D eigenvalue weighted by Crippen LogP contribution is -2.52. The predicted octanol–water partition coefficient (Wildman–Crippen LogP) is 5.53. The first kappa shape index (κ1) is 40.4. The summed E-state index contributed by atoms with van der Waals surface area (Å²) in [5.41, 5.74) is 16.3. The maximum Gasteiger partial charge on any atom is 0.514 e. The number of fused-ring (bicyclic) bond motifs is 3. The van der Waals surface area contributed by atoms with E-state index in [-0.39, 0.29) is 50.0 Å². The fourth-order valence-electron chi connectivity index (χ4n) is 6.36. The van der Waals surface area contributed by atoms with Crippen LogP contribution in [0.1, 0.15) is 48.8 Å². The van der Waals surface area contributed by atoms with Crippen LogP contribution in [0, 0.1) is 16.0 Å². The summed E-state index contributed by atoms with van der Waals surface area (Å²) in [5.74, 6) is -1.97. The molecule has 0 aromatic heterocycles. The number of primary amides is 1. The Hall–Kier alpha value is -6.81.